The predicted molar refractivity (Wildman–Crippen MR) is 158 cm³/mol. The van der Waals surface area contributed by atoms with Gasteiger partial charge in [-0.2, -0.15) is 0 Å². The van der Waals surface area contributed by atoms with Crippen molar-refractivity contribution >= 4 is 43.0 Å². The highest BCUT2D eigenvalue weighted by atomic mass is 32.2. The Morgan fingerprint density at radius 1 is 1.10 bits per heavy atom. The maximum atomic E-state index is 14.0. The van der Waals surface area contributed by atoms with E-state index in [4.69, 9.17) is 9.47 Å². The molecule has 3 heterocycles. The number of pyridine rings is 1. The fourth-order valence-electron chi connectivity index (χ4n) is 4.79. The average molecular weight is 600 g/mol. The van der Waals surface area contributed by atoms with Crippen LogP contribution in [0.25, 0.3) is 21.2 Å². The van der Waals surface area contributed by atoms with Crippen molar-refractivity contribution in [3.63, 3.8) is 0 Å². The summed E-state index contributed by atoms with van der Waals surface area (Å²) in [4.78, 5) is 28.6. The number of ether oxygens (including phenoxy) is 2. The summed E-state index contributed by atoms with van der Waals surface area (Å²) in [5.41, 5.74) is 2.29. The number of morpholine rings is 1. The Labute approximate surface area is 241 Å². The highest BCUT2D eigenvalue weighted by molar-refractivity contribution is 7.92. The number of halogens is 1. The summed E-state index contributed by atoms with van der Waals surface area (Å²) in [7, 11) is -1.97. The lowest BCUT2D eigenvalue weighted by Gasteiger charge is -2.26. The summed E-state index contributed by atoms with van der Waals surface area (Å²) in [6.45, 7) is 6.84. The lowest BCUT2D eigenvalue weighted by molar-refractivity contribution is 0.0306. The van der Waals surface area contributed by atoms with E-state index in [0.717, 1.165) is 11.3 Å². The van der Waals surface area contributed by atoms with Gasteiger partial charge in [0.15, 0.2) is 0 Å². The van der Waals surface area contributed by atoms with E-state index in [-0.39, 0.29) is 23.0 Å². The zero-order valence-electron chi connectivity index (χ0n) is 23.1. The Morgan fingerprint density at radius 3 is 2.44 bits per heavy atom. The largest absolute Gasteiger partial charge is 0.456 e. The molecule has 1 N–H and O–H groups in total. The van der Waals surface area contributed by atoms with E-state index in [1.807, 2.05) is 0 Å². The monoisotopic (exact) mass is 599 g/mol. The van der Waals surface area contributed by atoms with Gasteiger partial charge in [0, 0.05) is 48.5 Å². The van der Waals surface area contributed by atoms with Gasteiger partial charge in [-0.3, -0.25) is 14.3 Å². The molecule has 1 aliphatic heterocycles. The Bertz CT molecular complexity index is 1800. The van der Waals surface area contributed by atoms with E-state index in [1.165, 1.54) is 23.6 Å². The summed E-state index contributed by atoms with van der Waals surface area (Å²) in [5.74, 6) is 0.155. The van der Waals surface area contributed by atoms with Crippen LogP contribution in [-0.2, 0) is 21.8 Å². The second kappa shape index (κ2) is 11.3. The van der Waals surface area contributed by atoms with E-state index in [0.29, 0.717) is 80.7 Å². The molecule has 0 saturated carbocycles. The fraction of sp³-hybridized carbons (Fsp3) is 0.310. The first-order valence-corrected chi connectivity index (χ1v) is 15.5. The zero-order valence-corrected chi connectivity index (χ0v) is 24.7. The van der Waals surface area contributed by atoms with Gasteiger partial charge in [0.2, 0.25) is 10.0 Å². The normalized spacial score (nSPS) is 13.9. The first-order chi connectivity index (χ1) is 19.5. The molecule has 0 unspecified atom stereocenters. The number of nitrogens with one attached hydrogen (secondary N) is 1. The van der Waals surface area contributed by atoms with Gasteiger partial charge in [0.25, 0.3) is 11.5 Å². The van der Waals surface area contributed by atoms with Crippen molar-refractivity contribution in [1.29, 1.82) is 0 Å². The second-order valence-electron chi connectivity index (χ2n) is 9.90. The van der Waals surface area contributed by atoms with Gasteiger partial charge in [-0.15, -0.1) is 11.3 Å². The van der Waals surface area contributed by atoms with Gasteiger partial charge in [0.1, 0.15) is 22.0 Å². The Morgan fingerprint density at radius 2 is 1.78 bits per heavy atom. The summed E-state index contributed by atoms with van der Waals surface area (Å²) < 4.78 is 54.9. The van der Waals surface area contributed by atoms with Gasteiger partial charge in [-0.05, 0) is 68.3 Å². The number of thiophene rings is 1. The highest BCUT2D eigenvalue weighted by Crippen LogP contribution is 2.41. The minimum Gasteiger partial charge on any atom is -0.456 e. The highest BCUT2D eigenvalue weighted by Gasteiger charge is 2.24. The molecule has 5 rings (SSSR count). The summed E-state index contributed by atoms with van der Waals surface area (Å²) in [6, 6.07) is 9.30. The minimum atomic E-state index is -3.58. The molecule has 216 valence electrons. The van der Waals surface area contributed by atoms with Crippen molar-refractivity contribution < 1.29 is 27.1 Å². The summed E-state index contributed by atoms with van der Waals surface area (Å²) in [5, 5.41) is 0.544. The summed E-state index contributed by atoms with van der Waals surface area (Å²) >= 11 is 1.12. The molecule has 1 fully saturated rings. The predicted octanol–water partition coefficient (Wildman–Crippen LogP) is 5.05. The number of anilines is 1. The molecule has 0 radical (unpaired) electrons. The molecule has 12 heteroatoms. The molecular formula is C29H30FN3O6S2. The van der Waals surface area contributed by atoms with Crippen molar-refractivity contribution in [2.75, 3.05) is 36.8 Å². The molecule has 4 aromatic rings. The molecule has 41 heavy (non-hydrogen) atoms. The van der Waals surface area contributed by atoms with Crippen molar-refractivity contribution in [3.05, 3.63) is 74.8 Å². The fourth-order valence-corrected chi connectivity index (χ4v) is 6.54. The van der Waals surface area contributed by atoms with Gasteiger partial charge >= 0.3 is 0 Å². The molecular weight excluding hydrogens is 569 g/mol. The maximum Gasteiger partial charge on any atom is 0.268 e. The number of hydrogen-bond acceptors (Lipinski definition) is 7. The number of nitrogens with zero attached hydrogens (tertiary/aromatic N) is 2. The smallest absolute Gasteiger partial charge is 0.268 e. The molecule has 9 nitrogen and oxygen atoms in total. The number of carbonyl (C=O) groups excluding carboxylic acids is 1. The molecule has 0 atom stereocenters. The number of rotatable bonds is 7. The molecule has 1 aliphatic rings. The molecule has 1 saturated heterocycles. The zero-order chi connectivity index (χ0) is 29.5. The van der Waals surface area contributed by atoms with Crippen molar-refractivity contribution in [2.24, 2.45) is 7.05 Å². The quantitative estimate of drug-likeness (QED) is 0.319. The molecule has 0 bridgehead atoms. The number of benzene rings is 2. The van der Waals surface area contributed by atoms with Crippen molar-refractivity contribution in [2.45, 2.75) is 20.8 Å². The van der Waals surface area contributed by atoms with Gasteiger partial charge in [-0.1, -0.05) is 0 Å². The number of amides is 1. The van der Waals surface area contributed by atoms with Crippen molar-refractivity contribution in [1.82, 2.24) is 9.47 Å². The third-order valence-electron chi connectivity index (χ3n) is 6.93. The van der Waals surface area contributed by atoms with E-state index >= 15 is 0 Å². The van der Waals surface area contributed by atoms with E-state index < -0.39 is 10.0 Å². The molecule has 2 aromatic carbocycles. The number of hydrogen-bond donors (Lipinski definition) is 1. The lowest BCUT2D eigenvalue weighted by Crippen LogP contribution is -2.40. The number of carbonyl (C=O) groups is 1. The first-order valence-electron chi connectivity index (χ1n) is 13.1. The number of fused-ring (bicyclic) bond motifs is 1. The van der Waals surface area contributed by atoms with E-state index in [9.17, 15) is 22.4 Å². The third kappa shape index (κ3) is 5.85. The van der Waals surface area contributed by atoms with Crippen molar-refractivity contribution in [3.8, 4) is 22.6 Å². The standard InChI is InChI=1S/C29H30FN3O6S2/c1-5-41(36,37)31-20-6-7-24(39-26-17(2)12-19(30)13-18(26)3)21(14-20)23-16-32(4)29(35)27-22(23)15-25(40-27)28(34)33-8-10-38-11-9-33/h6-7,12-16,31H,5,8-11H2,1-4H3. The van der Waals surface area contributed by atoms with Crippen LogP contribution in [0.4, 0.5) is 10.1 Å². The minimum absolute atomic E-state index is 0.115. The SMILES string of the molecule is CCS(=O)(=O)Nc1ccc(Oc2c(C)cc(F)cc2C)c(-c2cn(C)c(=O)c3sc(C(=O)N4CCOCC4)cc23)c1. The Kier molecular flexibility index (Phi) is 7.91. The molecule has 2 aromatic heterocycles. The molecule has 0 spiro atoms. The first kappa shape index (κ1) is 28.8. The number of sulfonamides is 1. The molecule has 1 amide bonds. The summed E-state index contributed by atoms with van der Waals surface area (Å²) in [6.07, 6.45) is 1.64. The lowest BCUT2D eigenvalue weighted by atomic mass is 10.0. The number of aromatic nitrogens is 1. The van der Waals surface area contributed by atoms with Crippen LogP contribution in [0, 0.1) is 19.7 Å². The number of aryl methyl sites for hydroxylation is 3. The van der Waals surface area contributed by atoms with Gasteiger partial charge < -0.3 is 18.9 Å². The van der Waals surface area contributed by atoms with Crippen LogP contribution in [0.15, 0.2) is 47.4 Å². The van der Waals surface area contributed by atoms with Gasteiger partial charge in [0.05, 0.1) is 23.8 Å². The Balaban J connectivity index is 1.70. The van der Waals surface area contributed by atoms with Crippen LogP contribution in [-0.4, -0.2) is 55.8 Å². The van der Waals surface area contributed by atoms with Crippen LogP contribution in [0.3, 0.4) is 0 Å². The van der Waals surface area contributed by atoms with E-state index in [2.05, 4.69) is 4.72 Å². The second-order valence-corrected chi connectivity index (χ2v) is 13.0. The topological polar surface area (TPSA) is 107 Å². The van der Waals surface area contributed by atoms with Gasteiger partial charge in [-0.25, -0.2) is 12.8 Å². The molecule has 0 aliphatic carbocycles. The third-order valence-corrected chi connectivity index (χ3v) is 9.35. The van der Waals surface area contributed by atoms with E-state index in [1.54, 1.807) is 56.3 Å². The van der Waals surface area contributed by atoms with Crippen LogP contribution in [0.5, 0.6) is 11.5 Å². The maximum absolute atomic E-state index is 14.0. The average Bonchev–Trinajstić information content (AvgIpc) is 3.39. The Hall–Kier alpha value is -3.74. The van der Waals surface area contributed by atoms with Crippen LogP contribution in [0.2, 0.25) is 0 Å². The van der Waals surface area contributed by atoms with Crippen LogP contribution in [0.1, 0.15) is 27.7 Å². The van der Waals surface area contributed by atoms with Crippen LogP contribution >= 0.6 is 11.3 Å². The van der Waals surface area contributed by atoms with Crippen LogP contribution < -0.4 is 15.0 Å².